The predicted octanol–water partition coefficient (Wildman–Crippen LogP) is 7.77. The van der Waals surface area contributed by atoms with E-state index < -0.39 is 11.5 Å². The second-order valence-corrected chi connectivity index (χ2v) is 15.4. The van der Waals surface area contributed by atoms with Crippen LogP contribution >= 0.6 is 0 Å². The summed E-state index contributed by atoms with van der Waals surface area (Å²) in [6, 6.07) is -0.289. The standard InChI is InChI=1S/C36H51N5O2/c1-34(2,3)20-30-37-21-27(39-30)25-15-11-23(12-16-25)24-13-17-26(18-14-24)28-22-38-32(40-28)31(35(4,5)6)41-33(43)36(7)19-9-8-10-29(36)42/h11,13,15,17,21-22,29,31,42H,8-10,12,14,16,18-20H2,1-7H3,(H,37,39)(H,38,40)(H,41,43). The maximum atomic E-state index is 13.5. The van der Waals surface area contributed by atoms with Crippen molar-refractivity contribution in [1.29, 1.82) is 0 Å². The van der Waals surface area contributed by atoms with E-state index in [-0.39, 0.29) is 22.8 Å². The maximum absolute atomic E-state index is 13.5. The first-order chi connectivity index (χ1) is 20.2. The first kappa shape index (κ1) is 31.2. The van der Waals surface area contributed by atoms with Crippen LogP contribution < -0.4 is 5.32 Å². The highest BCUT2D eigenvalue weighted by Gasteiger charge is 2.44. The van der Waals surface area contributed by atoms with Gasteiger partial charge in [0.05, 0.1) is 41.3 Å². The first-order valence-electron chi connectivity index (χ1n) is 16.1. The lowest BCUT2D eigenvalue weighted by Crippen LogP contribution is -2.51. The molecule has 3 atom stereocenters. The second kappa shape index (κ2) is 12.1. The van der Waals surface area contributed by atoms with Crippen LogP contribution in [0.1, 0.15) is 129 Å². The fourth-order valence-electron chi connectivity index (χ4n) is 6.59. The number of nitrogens with zero attached hydrogens (tertiary/aromatic N) is 2. The number of hydrogen-bond donors (Lipinski definition) is 4. The van der Waals surface area contributed by atoms with Crippen molar-refractivity contribution >= 4 is 17.1 Å². The second-order valence-electron chi connectivity index (χ2n) is 15.4. The van der Waals surface area contributed by atoms with Gasteiger partial charge < -0.3 is 20.4 Å². The lowest BCUT2D eigenvalue weighted by atomic mass is 9.72. The molecule has 7 nitrogen and oxygen atoms in total. The van der Waals surface area contributed by atoms with Crippen LogP contribution in [0.5, 0.6) is 0 Å². The molecule has 2 aromatic heterocycles. The molecule has 1 saturated carbocycles. The van der Waals surface area contributed by atoms with Crippen LogP contribution in [0.4, 0.5) is 0 Å². The minimum atomic E-state index is -0.762. The number of aliphatic hydroxyl groups is 1. The molecule has 3 aliphatic carbocycles. The predicted molar refractivity (Wildman–Crippen MR) is 174 cm³/mol. The smallest absolute Gasteiger partial charge is 0.229 e. The molecule has 0 bridgehead atoms. The Balaban J connectivity index is 1.27. The van der Waals surface area contributed by atoms with Crippen molar-refractivity contribution in [3.63, 3.8) is 0 Å². The molecular weight excluding hydrogens is 534 g/mol. The average Bonchev–Trinajstić information content (AvgIpc) is 3.62. The highest BCUT2D eigenvalue weighted by Crippen LogP contribution is 2.40. The third-order valence-electron chi connectivity index (χ3n) is 9.42. The van der Waals surface area contributed by atoms with Crippen molar-refractivity contribution in [3.8, 4) is 0 Å². The molecule has 3 aliphatic rings. The van der Waals surface area contributed by atoms with E-state index in [0.717, 1.165) is 68.0 Å². The Hall–Kier alpha value is -3.19. The van der Waals surface area contributed by atoms with Crippen LogP contribution in [0.2, 0.25) is 0 Å². The van der Waals surface area contributed by atoms with Crippen molar-refractivity contribution in [2.75, 3.05) is 0 Å². The highest BCUT2D eigenvalue weighted by atomic mass is 16.3. The van der Waals surface area contributed by atoms with E-state index in [9.17, 15) is 9.90 Å². The molecule has 2 aromatic rings. The molecule has 4 N–H and O–H groups in total. The van der Waals surface area contributed by atoms with Crippen LogP contribution in [0.15, 0.2) is 47.8 Å². The summed E-state index contributed by atoms with van der Waals surface area (Å²) in [5, 5.41) is 13.9. The SMILES string of the molecule is CC(C)(C)Cc1ncc(C2=CC=C(C3=CC=C(c4cnc(C(NC(=O)C5(C)CCCCC5O)C(C)(C)C)[nH]4)CC3)CC2)[nH]1. The van der Waals surface area contributed by atoms with Crippen LogP contribution in [0.25, 0.3) is 11.1 Å². The molecular formula is C36H51N5O2. The lowest BCUT2D eigenvalue weighted by Gasteiger charge is -2.39. The molecule has 0 aromatic carbocycles. The number of rotatable bonds is 7. The molecule has 7 heteroatoms. The molecule has 2 heterocycles. The number of imidazole rings is 2. The van der Waals surface area contributed by atoms with Gasteiger partial charge in [0.2, 0.25) is 5.91 Å². The van der Waals surface area contributed by atoms with Gasteiger partial charge in [0.15, 0.2) is 0 Å². The molecule has 3 unspecified atom stereocenters. The van der Waals surface area contributed by atoms with Gasteiger partial charge >= 0.3 is 0 Å². The monoisotopic (exact) mass is 585 g/mol. The minimum absolute atomic E-state index is 0.0853. The lowest BCUT2D eigenvalue weighted by molar-refractivity contribution is -0.141. The van der Waals surface area contributed by atoms with Crippen molar-refractivity contribution in [2.45, 2.75) is 118 Å². The summed E-state index contributed by atoms with van der Waals surface area (Å²) < 4.78 is 0. The Labute approximate surface area is 257 Å². The number of allylic oxidation sites excluding steroid dienone is 8. The van der Waals surface area contributed by atoms with Gasteiger partial charge in [0, 0.05) is 6.42 Å². The van der Waals surface area contributed by atoms with E-state index >= 15 is 0 Å². The zero-order valence-corrected chi connectivity index (χ0v) is 27.2. The number of H-pyrrole nitrogens is 2. The third-order valence-corrected chi connectivity index (χ3v) is 9.42. The van der Waals surface area contributed by atoms with E-state index in [0.29, 0.717) is 12.8 Å². The quantitative estimate of drug-likeness (QED) is 0.266. The Morgan fingerprint density at radius 1 is 0.907 bits per heavy atom. The van der Waals surface area contributed by atoms with Crippen LogP contribution in [0.3, 0.4) is 0 Å². The zero-order valence-electron chi connectivity index (χ0n) is 27.2. The summed E-state index contributed by atoms with van der Waals surface area (Å²) in [7, 11) is 0. The summed E-state index contributed by atoms with van der Waals surface area (Å²) in [6.07, 6.45) is 20.5. The maximum Gasteiger partial charge on any atom is 0.229 e. The number of nitrogens with one attached hydrogen (secondary N) is 3. The van der Waals surface area contributed by atoms with E-state index in [2.05, 4.69) is 86.1 Å². The van der Waals surface area contributed by atoms with Crippen molar-refractivity contribution in [2.24, 2.45) is 16.2 Å². The van der Waals surface area contributed by atoms with Crippen LogP contribution in [-0.4, -0.2) is 37.1 Å². The molecule has 1 amide bonds. The molecule has 0 aliphatic heterocycles. The fraction of sp³-hybridized carbons (Fsp3) is 0.583. The number of carbonyl (C=O) groups is 1. The zero-order chi connectivity index (χ0) is 31.0. The van der Waals surface area contributed by atoms with Gasteiger partial charge in [-0.2, -0.15) is 0 Å². The molecule has 0 radical (unpaired) electrons. The Bertz CT molecular complexity index is 1450. The summed E-state index contributed by atoms with van der Waals surface area (Å²) in [5.41, 5.74) is 6.70. The van der Waals surface area contributed by atoms with Crippen molar-refractivity contribution in [3.05, 3.63) is 70.9 Å². The van der Waals surface area contributed by atoms with E-state index in [1.54, 1.807) is 0 Å². The van der Waals surface area contributed by atoms with Crippen LogP contribution in [-0.2, 0) is 11.2 Å². The van der Waals surface area contributed by atoms with Gasteiger partial charge in [0.25, 0.3) is 0 Å². The van der Waals surface area contributed by atoms with Gasteiger partial charge in [-0.1, -0.05) is 78.7 Å². The van der Waals surface area contributed by atoms with Gasteiger partial charge in [-0.15, -0.1) is 0 Å². The molecule has 232 valence electrons. The summed E-state index contributed by atoms with van der Waals surface area (Å²) in [5.74, 6) is 1.73. The van der Waals surface area contributed by atoms with E-state index in [1.807, 2.05) is 19.3 Å². The largest absolute Gasteiger partial charge is 0.392 e. The Morgan fingerprint density at radius 2 is 1.47 bits per heavy atom. The fourth-order valence-corrected chi connectivity index (χ4v) is 6.59. The van der Waals surface area contributed by atoms with Gasteiger partial charge in [-0.25, -0.2) is 9.97 Å². The number of carbonyl (C=O) groups excluding carboxylic acids is 1. The molecule has 0 spiro atoms. The Morgan fingerprint density at radius 3 is 2.00 bits per heavy atom. The summed E-state index contributed by atoms with van der Waals surface area (Å²) in [6.45, 7) is 15.0. The number of amides is 1. The Kier molecular flexibility index (Phi) is 8.77. The van der Waals surface area contributed by atoms with Crippen LogP contribution in [0, 0.1) is 16.2 Å². The summed E-state index contributed by atoms with van der Waals surface area (Å²) >= 11 is 0. The third kappa shape index (κ3) is 7.14. The molecule has 43 heavy (non-hydrogen) atoms. The van der Waals surface area contributed by atoms with Gasteiger partial charge in [0.1, 0.15) is 11.6 Å². The topological polar surface area (TPSA) is 107 Å². The van der Waals surface area contributed by atoms with Gasteiger partial charge in [-0.05, 0) is 78.6 Å². The molecule has 5 rings (SSSR count). The van der Waals surface area contributed by atoms with Crippen molar-refractivity contribution in [1.82, 2.24) is 25.3 Å². The van der Waals surface area contributed by atoms with Crippen molar-refractivity contribution < 1.29 is 9.90 Å². The van der Waals surface area contributed by atoms with E-state index in [4.69, 9.17) is 4.98 Å². The number of aromatic nitrogens is 4. The number of aliphatic hydroxyl groups excluding tert-OH is 1. The van der Waals surface area contributed by atoms with Gasteiger partial charge in [-0.3, -0.25) is 4.79 Å². The van der Waals surface area contributed by atoms with E-state index in [1.165, 1.54) is 22.3 Å². The first-order valence-corrected chi connectivity index (χ1v) is 16.1. The average molecular weight is 586 g/mol. The number of hydrogen-bond acceptors (Lipinski definition) is 4. The normalized spacial score (nSPS) is 24.0. The minimum Gasteiger partial charge on any atom is -0.392 e. The summed E-state index contributed by atoms with van der Waals surface area (Å²) in [4.78, 5) is 29.9. The molecule has 1 fully saturated rings. The highest BCUT2D eigenvalue weighted by molar-refractivity contribution is 5.83. The number of aromatic amines is 2. The molecule has 0 saturated heterocycles.